The van der Waals surface area contributed by atoms with Crippen molar-refractivity contribution >= 4 is 13.9 Å². The first kappa shape index (κ1) is 12.1. The highest BCUT2D eigenvalue weighted by molar-refractivity contribution is 6.12. The number of hydrogen-bond donors (Lipinski definition) is 1. The average Bonchev–Trinajstić information content (AvgIpc) is 2.05. The van der Waals surface area contributed by atoms with Crippen LogP contribution in [-0.4, -0.2) is 25.6 Å². The van der Waals surface area contributed by atoms with Crippen LogP contribution in [0, 0.1) is 0 Å². The van der Waals surface area contributed by atoms with E-state index in [1.165, 1.54) is 0 Å². The van der Waals surface area contributed by atoms with Gasteiger partial charge in [0.2, 0.25) is 0 Å². The lowest BCUT2D eigenvalue weighted by molar-refractivity contribution is 0.0511. The van der Waals surface area contributed by atoms with Crippen LogP contribution in [0.15, 0.2) is 12.2 Å². The van der Waals surface area contributed by atoms with Crippen molar-refractivity contribution in [2.24, 2.45) is 0 Å². The lowest BCUT2D eigenvalue weighted by atomic mass is 9.79. The zero-order valence-electron chi connectivity index (χ0n) is 10.0. The monoisotopic (exact) mass is 209 g/mol. The van der Waals surface area contributed by atoms with Gasteiger partial charge in [-0.2, -0.15) is 0 Å². The second-order valence-electron chi connectivity index (χ2n) is 5.19. The van der Waals surface area contributed by atoms with Crippen molar-refractivity contribution in [3.05, 3.63) is 12.2 Å². The van der Waals surface area contributed by atoms with Gasteiger partial charge >= 0.3 is 6.09 Å². The summed E-state index contributed by atoms with van der Waals surface area (Å²) in [6.07, 6.45) is 5.99. The summed E-state index contributed by atoms with van der Waals surface area (Å²) >= 11 is 0. The Bertz CT molecular complexity index is 258. The second kappa shape index (κ2) is 4.73. The lowest BCUT2D eigenvalue weighted by Gasteiger charge is -2.24. The van der Waals surface area contributed by atoms with Crippen LogP contribution in [0.25, 0.3) is 0 Å². The molecule has 1 aliphatic carbocycles. The van der Waals surface area contributed by atoms with Crippen LogP contribution in [0.5, 0.6) is 0 Å². The smallest absolute Gasteiger partial charge is 0.408 e. The molecule has 0 aromatic carbocycles. The molecule has 0 heterocycles. The Labute approximate surface area is 92.7 Å². The molecule has 3 nitrogen and oxygen atoms in total. The normalized spacial score (nSPS) is 26.1. The van der Waals surface area contributed by atoms with Gasteiger partial charge in [-0.05, 0) is 27.2 Å². The minimum absolute atomic E-state index is 0.135. The molecule has 0 aliphatic heterocycles. The average molecular weight is 209 g/mol. The fourth-order valence-corrected chi connectivity index (χ4v) is 1.54. The molecule has 15 heavy (non-hydrogen) atoms. The molecule has 2 unspecified atom stereocenters. The predicted molar refractivity (Wildman–Crippen MR) is 63.8 cm³/mol. The molecule has 0 saturated heterocycles. The van der Waals surface area contributed by atoms with E-state index in [0.717, 1.165) is 12.8 Å². The van der Waals surface area contributed by atoms with Gasteiger partial charge in [0, 0.05) is 0 Å². The van der Waals surface area contributed by atoms with Crippen LogP contribution >= 0.6 is 0 Å². The Kier molecular flexibility index (Phi) is 3.83. The Balaban J connectivity index is 2.36. The largest absolute Gasteiger partial charge is 0.444 e. The number of alkyl carbamates (subject to hydrolysis) is 1. The summed E-state index contributed by atoms with van der Waals surface area (Å²) in [5.74, 6) is 0.627. The minimum atomic E-state index is -0.421. The summed E-state index contributed by atoms with van der Waals surface area (Å²) < 4.78 is 5.18. The Hall–Kier alpha value is -0.925. The van der Waals surface area contributed by atoms with Gasteiger partial charge in [0.05, 0.1) is 6.04 Å². The molecule has 0 fully saturated rings. The number of carbonyl (C=O) groups excluding carboxylic acids is 1. The topological polar surface area (TPSA) is 38.3 Å². The van der Waals surface area contributed by atoms with E-state index in [2.05, 4.69) is 25.3 Å². The third kappa shape index (κ3) is 4.91. The van der Waals surface area contributed by atoms with Gasteiger partial charge < -0.3 is 10.1 Å². The molecule has 1 amide bonds. The van der Waals surface area contributed by atoms with Crippen molar-refractivity contribution in [3.8, 4) is 0 Å². The molecule has 0 spiro atoms. The highest BCUT2D eigenvalue weighted by Crippen LogP contribution is 2.19. The van der Waals surface area contributed by atoms with Crippen molar-refractivity contribution in [1.82, 2.24) is 5.32 Å². The molecule has 4 heteroatoms. The summed E-state index contributed by atoms with van der Waals surface area (Å²) in [4.78, 5) is 11.4. The van der Waals surface area contributed by atoms with Crippen molar-refractivity contribution < 1.29 is 9.53 Å². The number of rotatable bonds is 1. The van der Waals surface area contributed by atoms with Gasteiger partial charge in [-0.25, -0.2) is 4.79 Å². The molecule has 0 radical (unpaired) electrons. The lowest BCUT2D eigenvalue weighted by Crippen LogP contribution is -2.39. The first-order valence-corrected chi connectivity index (χ1v) is 5.54. The van der Waals surface area contributed by atoms with Crippen molar-refractivity contribution in [1.29, 1.82) is 0 Å². The summed E-state index contributed by atoms with van der Waals surface area (Å²) in [7, 11) is 2.18. The van der Waals surface area contributed by atoms with Gasteiger partial charge in [0.1, 0.15) is 13.4 Å². The maximum atomic E-state index is 11.4. The zero-order chi connectivity index (χ0) is 11.5. The van der Waals surface area contributed by atoms with E-state index in [1.54, 1.807) is 0 Å². The molecule has 0 saturated carbocycles. The zero-order valence-corrected chi connectivity index (χ0v) is 10.0. The SMILES string of the molecule is BC1C=CC(NC(=O)OC(C)(C)C)CC1. The fraction of sp³-hybridized carbons (Fsp3) is 0.727. The van der Waals surface area contributed by atoms with Crippen LogP contribution in [0.4, 0.5) is 4.79 Å². The molecule has 1 N–H and O–H groups in total. The van der Waals surface area contributed by atoms with E-state index in [-0.39, 0.29) is 12.1 Å². The highest BCUT2D eigenvalue weighted by Gasteiger charge is 2.19. The number of carbonyl (C=O) groups is 1. The van der Waals surface area contributed by atoms with Crippen LogP contribution in [-0.2, 0) is 4.74 Å². The van der Waals surface area contributed by atoms with Crippen LogP contribution in [0.2, 0.25) is 5.82 Å². The Morgan fingerprint density at radius 2 is 2.07 bits per heavy atom. The van der Waals surface area contributed by atoms with E-state index in [1.807, 2.05) is 20.8 Å². The second-order valence-corrected chi connectivity index (χ2v) is 5.19. The number of ether oxygens (including phenoxy) is 1. The third-order valence-electron chi connectivity index (χ3n) is 2.31. The van der Waals surface area contributed by atoms with E-state index in [0.29, 0.717) is 5.82 Å². The molecular weight excluding hydrogens is 189 g/mol. The molecule has 1 aliphatic rings. The molecule has 0 aromatic rings. The summed E-state index contributed by atoms with van der Waals surface area (Å²) in [6.45, 7) is 5.60. The maximum absolute atomic E-state index is 11.4. The molecule has 0 bridgehead atoms. The Morgan fingerprint density at radius 1 is 1.40 bits per heavy atom. The molecular formula is C11H20BNO2. The number of amides is 1. The summed E-state index contributed by atoms with van der Waals surface area (Å²) in [5, 5.41) is 2.85. The number of allylic oxidation sites excluding steroid dienone is 1. The number of hydrogen-bond acceptors (Lipinski definition) is 2. The summed E-state index contributed by atoms with van der Waals surface area (Å²) in [6, 6.07) is 0.135. The van der Waals surface area contributed by atoms with Crippen molar-refractivity contribution in [2.45, 2.75) is 51.1 Å². The van der Waals surface area contributed by atoms with Gasteiger partial charge in [-0.3, -0.25) is 0 Å². The van der Waals surface area contributed by atoms with Crippen molar-refractivity contribution in [2.75, 3.05) is 0 Å². The van der Waals surface area contributed by atoms with Crippen LogP contribution in [0.3, 0.4) is 0 Å². The van der Waals surface area contributed by atoms with Gasteiger partial charge in [0.15, 0.2) is 0 Å². The minimum Gasteiger partial charge on any atom is -0.444 e. The van der Waals surface area contributed by atoms with Crippen molar-refractivity contribution in [3.63, 3.8) is 0 Å². The maximum Gasteiger partial charge on any atom is 0.408 e. The van der Waals surface area contributed by atoms with Crippen LogP contribution < -0.4 is 5.32 Å². The number of nitrogens with one attached hydrogen (secondary N) is 1. The van der Waals surface area contributed by atoms with Crippen LogP contribution in [0.1, 0.15) is 33.6 Å². The first-order valence-electron chi connectivity index (χ1n) is 5.54. The van der Waals surface area contributed by atoms with Gasteiger partial charge in [-0.1, -0.05) is 24.4 Å². The van der Waals surface area contributed by atoms with E-state index in [9.17, 15) is 4.79 Å². The molecule has 2 atom stereocenters. The first-order chi connectivity index (χ1) is 6.87. The fourth-order valence-electron chi connectivity index (χ4n) is 1.54. The molecule has 0 aromatic heterocycles. The quantitative estimate of drug-likeness (QED) is 0.526. The van der Waals surface area contributed by atoms with Gasteiger partial charge in [-0.15, -0.1) is 0 Å². The van der Waals surface area contributed by atoms with E-state index in [4.69, 9.17) is 4.74 Å². The third-order valence-corrected chi connectivity index (χ3v) is 2.31. The standard InChI is InChI=1S/C11H20BNO2/c1-11(2,3)15-10(14)13-9-6-4-8(12)5-7-9/h4,6,8-9H,5,7,12H2,1-3H3,(H,13,14). The molecule has 84 valence electrons. The summed E-state index contributed by atoms with van der Waals surface area (Å²) in [5.41, 5.74) is -0.421. The molecule has 1 rings (SSSR count). The van der Waals surface area contributed by atoms with E-state index >= 15 is 0 Å². The predicted octanol–water partition coefficient (Wildman–Crippen LogP) is 1.65. The van der Waals surface area contributed by atoms with Gasteiger partial charge in [0.25, 0.3) is 0 Å². The highest BCUT2D eigenvalue weighted by atomic mass is 16.6. The Morgan fingerprint density at radius 3 is 2.53 bits per heavy atom. The van der Waals surface area contributed by atoms with E-state index < -0.39 is 5.60 Å².